The minimum atomic E-state index is 0.256. The lowest BCUT2D eigenvalue weighted by Crippen LogP contribution is -2.66. The molecule has 1 N–H and O–H groups in total. The molecular formula is C15H32N2O. The maximum Gasteiger partial charge on any atom is 0.0615 e. The van der Waals surface area contributed by atoms with Crippen molar-refractivity contribution < 1.29 is 4.74 Å². The van der Waals surface area contributed by atoms with Crippen molar-refractivity contribution in [3.8, 4) is 0 Å². The highest BCUT2D eigenvalue weighted by Gasteiger charge is 2.38. The van der Waals surface area contributed by atoms with Crippen LogP contribution >= 0.6 is 0 Å². The molecule has 4 atom stereocenters. The first-order valence-electron chi connectivity index (χ1n) is 7.47. The largest absolute Gasteiger partial charge is 0.383 e. The Hall–Kier alpha value is -0.120. The molecule has 0 aromatic heterocycles. The average Bonchev–Trinajstić information content (AvgIpc) is 2.38. The van der Waals surface area contributed by atoms with Crippen LogP contribution in [-0.4, -0.2) is 49.3 Å². The van der Waals surface area contributed by atoms with E-state index in [4.69, 9.17) is 4.74 Å². The van der Waals surface area contributed by atoms with Crippen molar-refractivity contribution in [1.29, 1.82) is 0 Å². The minimum Gasteiger partial charge on any atom is -0.383 e. The molecule has 3 nitrogen and oxygen atoms in total. The molecule has 1 aliphatic rings. The molecule has 0 bridgehead atoms. The molecule has 0 aliphatic carbocycles. The van der Waals surface area contributed by atoms with E-state index < -0.39 is 0 Å². The van der Waals surface area contributed by atoms with E-state index >= 15 is 0 Å². The monoisotopic (exact) mass is 256 g/mol. The van der Waals surface area contributed by atoms with Crippen LogP contribution in [0.2, 0.25) is 0 Å². The van der Waals surface area contributed by atoms with Crippen LogP contribution in [0.15, 0.2) is 0 Å². The van der Waals surface area contributed by atoms with E-state index in [0.29, 0.717) is 12.1 Å². The van der Waals surface area contributed by atoms with Gasteiger partial charge in [0, 0.05) is 37.8 Å². The second-order valence-electron chi connectivity index (χ2n) is 6.22. The predicted octanol–water partition coefficient (Wildman–Crippen LogP) is 2.51. The number of methoxy groups -OCH3 is 1. The predicted molar refractivity (Wildman–Crippen MR) is 78.0 cm³/mol. The summed E-state index contributed by atoms with van der Waals surface area (Å²) in [6, 6.07) is 1.14. The van der Waals surface area contributed by atoms with Gasteiger partial charge < -0.3 is 10.1 Å². The fourth-order valence-electron chi connectivity index (χ4n) is 2.90. The highest BCUT2D eigenvalue weighted by molar-refractivity contribution is 4.97. The van der Waals surface area contributed by atoms with Gasteiger partial charge in [-0.2, -0.15) is 0 Å². The van der Waals surface area contributed by atoms with Gasteiger partial charge in [-0.1, -0.05) is 27.2 Å². The summed E-state index contributed by atoms with van der Waals surface area (Å²) in [5.74, 6) is 0.734. The lowest BCUT2D eigenvalue weighted by atomic mass is 9.87. The number of hydrogen-bond acceptors (Lipinski definition) is 3. The van der Waals surface area contributed by atoms with Gasteiger partial charge >= 0.3 is 0 Å². The summed E-state index contributed by atoms with van der Waals surface area (Å²) in [4.78, 5) is 2.66. The first-order chi connectivity index (χ1) is 8.47. The Balaban J connectivity index is 2.79. The van der Waals surface area contributed by atoms with Gasteiger partial charge in [0.2, 0.25) is 0 Å². The van der Waals surface area contributed by atoms with Gasteiger partial charge in [0.1, 0.15) is 0 Å². The third-order valence-electron chi connectivity index (χ3n) is 4.75. The van der Waals surface area contributed by atoms with E-state index in [9.17, 15) is 0 Å². The lowest BCUT2D eigenvalue weighted by molar-refractivity contribution is -0.00144. The van der Waals surface area contributed by atoms with Crippen molar-refractivity contribution in [3.63, 3.8) is 0 Å². The Morgan fingerprint density at radius 3 is 2.56 bits per heavy atom. The van der Waals surface area contributed by atoms with Crippen LogP contribution < -0.4 is 5.32 Å². The Morgan fingerprint density at radius 1 is 1.39 bits per heavy atom. The summed E-state index contributed by atoms with van der Waals surface area (Å²) in [6.45, 7) is 14.6. The maximum atomic E-state index is 5.36. The number of rotatable bonds is 6. The Kier molecular flexibility index (Phi) is 6.09. The Bertz CT molecular complexity index is 247. The maximum absolute atomic E-state index is 5.36. The van der Waals surface area contributed by atoms with E-state index in [1.165, 1.54) is 12.8 Å². The van der Waals surface area contributed by atoms with Crippen molar-refractivity contribution in [3.05, 3.63) is 0 Å². The van der Waals surface area contributed by atoms with Crippen LogP contribution in [0.4, 0.5) is 0 Å². The molecule has 0 saturated carbocycles. The molecule has 0 spiro atoms. The van der Waals surface area contributed by atoms with Gasteiger partial charge in [-0.3, -0.25) is 4.90 Å². The highest BCUT2D eigenvalue weighted by atomic mass is 16.5. The second-order valence-corrected chi connectivity index (χ2v) is 6.22. The normalized spacial score (nSPS) is 33.3. The van der Waals surface area contributed by atoms with Crippen LogP contribution in [0, 0.1) is 5.92 Å². The van der Waals surface area contributed by atoms with E-state index in [1.54, 1.807) is 7.11 Å². The highest BCUT2D eigenvalue weighted by Crippen LogP contribution is 2.26. The van der Waals surface area contributed by atoms with Gasteiger partial charge in [0.15, 0.2) is 0 Å². The molecule has 0 radical (unpaired) electrons. The minimum absolute atomic E-state index is 0.256. The molecule has 4 unspecified atom stereocenters. The summed E-state index contributed by atoms with van der Waals surface area (Å²) < 4.78 is 5.36. The fraction of sp³-hybridized carbons (Fsp3) is 1.00. The van der Waals surface area contributed by atoms with E-state index in [2.05, 4.69) is 44.8 Å². The van der Waals surface area contributed by atoms with Crippen molar-refractivity contribution in [2.75, 3.05) is 26.8 Å². The molecule has 1 rings (SSSR count). The molecule has 1 heterocycles. The van der Waals surface area contributed by atoms with Crippen molar-refractivity contribution in [1.82, 2.24) is 10.2 Å². The molecule has 0 amide bonds. The summed E-state index contributed by atoms with van der Waals surface area (Å²) >= 11 is 0. The van der Waals surface area contributed by atoms with E-state index in [0.717, 1.165) is 25.6 Å². The first kappa shape index (κ1) is 15.9. The Labute approximate surface area is 113 Å². The SMILES string of the molecule is CCC(C)C1CNC(C)(CC)CN1C(C)COC. The number of nitrogens with zero attached hydrogens (tertiary/aromatic N) is 1. The van der Waals surface area contributed by atoms with Gasteiger partial charge in [0.05, 0.1) is 6.61 Å². The molecule has 108 valence electrons. The smallest absolute Gasteiger partial charge is 0.0615 e. The average molecular weight is 256 g/mol. The molecule has 3 heteroatoms. The summed E-state index contributed by atoms with van der Waals surface area (Å²) in [5.41, 5.74) is 0.256. The summed E-state index contributed by atoms with van der Waals surface area (Å²) in [5, 5.41) is 3.75. The van der Waals surface area contributed by atoms with Crippen molar-refractivity contribution in [2.24, 2.45) is 5.92 Å². The van der Waals surface area contributed by atoms with Crippen LogP contribution in [0.25, 0.3) is 0 Å². The number of nitrogens with one attached hydrogen (secondary N) is 1. The van der Waals surface area contributed by atoms with Gasteiger partial charge in [-0.15, -0.1) is 0 Å². The summed E-state index contributed by atoms with van der Waals surface area (Å²) in [6.07, 6.45) is 2.42. The first-order valence-corrected chi connectivity index (χ1v) is 7.47. The molecule has 1 saturated heterocycles. The molecule has 18 heavy (non-hydrogen) atoms. The van der Waals surface area contributed by atoms with Crippen molar-refractivity contribution in [2.45, 2.75) is 65.1 Å². The van der Waals surface area contributed by atoms with E-state index in [-0.39, 0.29) is 5.54 Å². The fourth-order valence-corrected chi connectivity index (χ4v) is 2.90. The summed E-state index contributed by atoms with van der Waals surface area (Å²) in [7, 11) is 1.80. The number of piperazine rings is 1. The number of hydrogen-bond donors (Lipinski definition) is 1. The quantitative estimate of drug-likeness (QED) is 0.790. The lowest BCUT2D eigenvalue weighted by Gasteiger charge is -2.50. The zero-order valence-electron chi connectivity index (χ0n) is 13.1. The molecule has 0 aromatic carbocycles. The van der Waals surface area contributed by atoms with Gasteiger partial charge in [-0.25, -0.2) is 0 Å². The van der Waals surface area contributed by atoms with Crippen LogP contribution in [0.1, 0.15) is 47.5 Å². The van der Waals surface area contributed by atoms with Crippen LogP contribution in [-0.2, 0) is 4.74 Å². The third kappa shape index (κ3) is 3.69. The van der Waals surface area contributed by atoms with Gasteiger partial charge in [-0.05, 0) is 26.2 Å². The van der Waals surface area contributed by atoms with Gasteiger partial charge in [0.25, 0.3) is 0 Å². The second kappa shape index (κ2) is 6.88. The van der Waals surface area contributed by atoms with Crippen LogP contribution in [0.5, 0.6) is 0 Å². The zero-order valence-corrected chi connectivity index (χ0v) is 13.1. The topological polar surface area (TPSA) is 24.5 Å². The Morgan fingerprint density at radius 2 is 2.06 bits per heavy atom. The standard InChI is InChI=1S/C15H32N2O/c1-7-12(3)14-9-16-15(5,8-2)11-17(14)13(4)10-18-6/h12-14,16H,7-11H2,1-6H3. The molecule has 0 aromatic rings. The van der Waals surface area contributed by atoms with Crippen molar-refractivity contribution >= 4 is 0 Å². The van der Waals surface area contributed by atoms with Crippen LogP contribution in [0.3, 0.4) is 0 Å². The number of ether oxygens (including phenoxy) is 1. The third-order valence-corrected chi connectivity index (χ3v) is 4.75. The van der Waals surface area contributed by atoms with E-state index in [1.807, 2.05) is 0 Å². The molecule has 1 aliphatic heterocycles. The zero-order chi connectivity index (χ0) is 13.8. The molecule has 1 fully saturated rings. The molecular weight excluding hydrogens is 224 g/mol.